The normalized spacial score (nSPS) is 18.5. The molecular weight excluding hydrogens is 272 g/mol. The Balaban J connectivity index is 2.24. The third kappa shape index (κ3) is 3.49. The number of hydrogen-bond donors (Lipinski definition) is 0. The Labute approximate surface area is 125 Å². The van der Waals surface area contributed by atoms with E-state index >= 15 is 0 Å². The fraction of sp³-hybridized carbons (Fsp3) is 0.588. The molecule has 0 heterocycles. The number of carbonyl (C=O) groups is 1. The van der Waals surface area contributed by atoms with Crippen LogP contribution in [-0.4, -0.2) is 30.3 Å². The predicted octanol–water partition coefficient (Wildman–Crippen LogP) is 3.73. The van der Waals surface area contributed by atoms with E-state index in [9.17, 15) is 13.6 Å². The molecule has 1 aromatic carbocycles. The van der Waals surface area contributed by atoms with Gasteiger partial charge in [0.2, 0.25) is 0 Å². The van der Waals surface area contributed by atoms with Gasteiger partial charge in [0.05, 0.1) is 5.54 Å². The van der Waals surface area contributed by atoms with Crippen LogP contribution in [0.5, 0.6) is 0 Å². The summed E-state index contributed by atoms with van der Waals surface area (Å²) in [6.07, 6.45) is 5.85. The lowest BCUT2D eigenvalue weighted by atomic mass is 9.82. The molecule has 1 fully saturated rings. The van der Waals surface area contributed by atoms with Crippen LogP contribution in [-0.2, 0) is 11.2 Å². The maximum atomic E-state index is 13.8. The van der Waals surface area contributed by atoms with Crippen LogP contribution in [0, 0.1) is 11.6 Å². The van der Waals surface area contributed by atoms with E-state index in [1.54, 1.807) is 0 Å². The Hall–Kier alpha value is -1.29. The lowest BCUT2D eigenvalue weighted by molar-refractivity contribution is -0.130. The van der Waals surface area contributed by atoms with Crippen LogP contribution in [0.15, 0.2) is 18.2 Å². The molecule has 0 atom stereocenters. The number of likely N-dealkylation sites (N-methyl/N-ethyl adjacent to an activating group) is 1. The second kappa shape index (κ2) is 6.65. The summed E-state index contributed by atoms with van der Waals surface area (Å²) in [5, 5.41) is 0. The van der Waals surface area contributed by atoms with Gasteiger partial charge in [0.25, 0.3) is 0 Å². The molecule has 0 radical (unpaired) electrons. The number of benzene rings is 1. The van der Waals surface area contributed by atoms with Crippen molar-refractivity contribution in [3.63, 3.8) is 0 Å². The molecule has 0 unspecified atom stereocenters. The molecule has 21 heavy (non-hydrogen) atoms. The second-order valence-corrected chi connectivity index (χ2v) is 6.18. The number of carbonyl (C=O) groups excluding carboxylic acids is 1. The Morgan fingerprint density at radius 3 is 2.33 bits per heavy atom. The summed E-state index contributed by atoms with van der Waals surface area (Å²) >= 11 is 0. The number of Topliss-reactive ketones (excluding diaryl/α,β-unsaturated/α-hetero) is 1. The van der Waals surface area contributed by atoms with Crippen molar-refractivity contribution in [2.75, 3.05) is 14.1 Å². The summed E-state index contributed by atoms with van der Waals surface area (Å²) in [6, 6.07) is 3.30. The first kappa shape index (κ1) is 16.1. The monoisotopic (exact) mass is 295 g/mol. The van der Waals surface area contributed by atoms with Crippen molar-refractivity contribution in [1.82, 2.24) is 4.90 Å². The van der Waals surface area contributed by atoms with Gasteiger partial charge in [-0.25, -0.2) is 8.78 Å². The molecule has 0 spiro atoms. The first-order chi connectivity index (χ1) is 9.95. The van der Waals surface area contributed by atoms with E-state index in [4.69, 9.17) is 0 Å². The minimum Gasteiger partial charge on any atom is -0.297 e. The van der Waals surface area contributed by atoms with Crippen molar-refractivity contribution in [2.24, 2.45) is 0 Å². The van der Waals surface area contributed by atoms with E-state index < -0.39 is 17.2 Å². The van der Waals surface area contributed by atoms with E-state index in [-0.39, 0.29) is 17.8 Å². The topological polar surface area (TPSA) is 20.3 Å². The summed E-state index contributed by atoms with van der Waals surface area (Å²) < 4.78 is 27.0. The number of rotatable bonds is 4. The maximum Gasteiger partial charge on any atom is 0.157 e. The van der Waals surface area contributed by atoms with Crippen LogP contribution in [0.1, 0.15) is 44.1 Å². The molecule has 2 rings (SSSR count). The molecule has 1 aliphatic rings. The minimum absolute atomic E-state index is 0.00102. The van der Waals surface area contributed by atoms with Gasteiger partial charge in [-0.15, -0.1) is 0 Å². The highest BCUT2D eigenvalue weighted by molar-refractivity contribution is 5.90. The highest BCUT2D eigenvalue weighted by atomic mass is 19.1. The lowest BCUT2D eigenvalue weighted by Gasteiger charge is -2.38. The third-order valence-electron chi connectivity index (χ3n) is 4.66. The molecule has 116 valence electrons. The van der Waals surface area contributed by atoms with E-state index in [2.05, 4.69) is 0 Å². The van der Waals surface area contributed by atoms with Crippen LogP contribution in [0.4, 0.5) is 8.78 Å². The van der Waals surface area contributed by atoms with Gasteiger partial charge in [0.15, 0.2) is 5.78 Å². The van der Waals surface area contributed by atoms with Gasteiger partial charge >= 0.3 is 0 Å². The average molecular weight is 295 g/mol. The average Bonchev–Trinajstić information content (AvgIpc) is 2.69. The van der Waals surface area contributed by atoms with E-state index in [1.807, 2.05) is 19.0 Å². The van der Waals surface area contributed by atoms with Crippen molar-refractivity contribution < 1.29 is 13.6 Å². The first-order valence-corrected chi connectivity index (χ1v) is 7.60. The molecule has 0 aromatic heterocycles. The Bertz CT molecular complexity index is 506. The van der Waals surface area contributed by atoms with Crippen molar-refractivity contribution in [2.45, 2.75) is 50.5 Å². The quantitative estimate of drug-likeness (QED) is 0.789. The van der Waals surface area contributed by atoms with E-state index in [1.165, 1.54) is 0 Å². The zero-order valence-corrected chi connectivity index (χ0v) is 12.8. The first-order valence-electron chi connectivity index (χ1n) is 7.60. The zero-order chi connectivity index (χ0) is 15.5. The summed E-state index contributed by atoms with van der Waals surface area (Å²) in [5.74, 6) is -1.01. The van der Waals surface area contributed by atoms with Gasteiger partial charge in [0.1, 0.15) is 11.6 Å². The van der Waals surface area contributed by atoms with E-state index in [0.717, 1.165) is 56.7 Å². The van der Waals surface area contributed by atoms with Gasteiger partial charge in [-0.2, -0.15) is 0 Å². The molecule has 1 saturated carbocycles. The Morgan fingerprint density at radius 2 is 1.76 bits per heavy atom. The molecule has 0 bridgehead atoms. The number of halogens is 2. The van der Waals surface area contributed by atoms with Crippen LogP contribution in [0.25, 0.3) is 0 Å². The van der Waals surface area contributed by atoms with Crippen LogP contribution in [0.3, 0.4) is 0 Å². The number of ketones is 1. The molecule has 1 aromatic rings. The zero-order valence-electron chi connectivity index (χ0n) is 12.8. The van der Waals surface area contributed by atoms with Crippen LogP contribution < -0.4 is 0 Å². The summed E-state index contributed by atoms with van der Waals surface area (Å²) in [6.45, 7) is 0. The molecule has 1 aliphatic carbocycles. The van der Waals surface area contributed by atoms with Gasteiger partial charge in [-0.05, 0) is 50.7 Å². The Morgan fingerprint density at radius 1 is 1.14 bits per heavy atom. The Kier molecular flexibility index (Phi) is 5.09. The van der Waals surface area contributed by atoms with Gasteiger partial charge < -0.3 is 0 Å². The summed E-state index contributed by atoms with van der Waals surface area (Å²) in [7, 11) is 3.82. The molecule has 0 N–H and O–H groups in total. The molecular formula is C17H23F2NO. The van der Waals surface area contributed by atoms with Gasteiger partial charge in [-0.3, -0.25) is 9.69 Å². The van der Waals surface area contributed by atoms with Crippen molar-refractivity contribution in [3.8, 4) is 0 Å². The minimum atomic E-state index is -0.532. The highest BCUT2D eigenvalue weighted by Crippen LogP contribution is 2.33. The predicted molar refractivity (Wildman–Crippen MR) is 79.2 cm³/mol. The smallest absolute Gasteiger partial charge is 0.157 e. The third-order valence-corrected chi connectivity index (χ3v) is 4.66. The van der Waals surface area contributed by atoms with Gasteiger partial charge in [0, 0.05) is 6.42 Å². The molecule has 0 aliphatic heterocycles. The SMILES string of the molecule is CN(C)C1(C(=O)Cc2cc(F)ccc2F)CCCCCC1. The second-order valence-electron chi connectivity index (χ2n) is 6.18. The van der Waals surface area contributed by atoms with Crippen molar-refractivity contribution >= 4 is 5.78 Å². The fourth-order valence-electron chi connectivity index (χ4n) is 3.31. The molecule has 0 saturated heterocycles. The number of nitrogens with zero attached hydrogens (tertiary/aromatic N) is 1. The van der Waals surface area contributed by atoms with Crippen LogP contribution >= 0.6 is 0 Å². The molecule has 0 amide bonds. The van der Waals surface area contributed by atoms with Crippen LogP contribution in [0.2, 0.25) is 0 Å². The largest absolute Gasteiger partial charge is 0.297 e. The maximum absolute atomic E-state index is 13.8. The van der Waals surface area contributed by atoms with Gasteiger partial charge in [-0.1, -0.05) is 25.7 Å². The number of hydrogen-bond acceptors (Lipinski definition) is 2. The highest BCUT2D eigenvalue weighted by Gasteiger charge is 2.40. The fourth-order valence-corrected chi connectivity index (χ4v) is 3.31. The van der Waals surface area contributed by atoms with Crippen molar-refractivity contribution in [1.29, 1.82) is 0 Å². The summed E-state index contributed by atoms with van der Waals surface area (Å²) in [4.78, 5) is 14.8. The lowest BCUT2D eigenvalue weighted by Crippen LogP contribution is -2.51. The molecule has 4 heteroatoms. The molecule has 2 nitrogen and oxygen atoms in total. The van der Waals surface area contributed by atoms with Crippen molar-refractivity contribution in [3.05, 3.63) is 35.4 Å². The standard InChI is InChI=1S/C17H23F2NO/c1-20(2)17(9-5-3-4-6-10-17)16(21)12-13-11-14(18)7-8-15(13)19/h7-8,11H,3-6,9-10,12H2,1-2H3. The van der Waals surface area contributed by atoms with E-state index in [0.29, 0.717) is 0 Å². The summed E-state index contributed by atoms with van der Waals surface area (Å²) in [5.41, 5.74) is -0.375.